The fourth-order valence-electron chi connectivity index (χ4n) is 3.24. The van der Waals surface area contributed by atoms with E-state index in [1.165, 1.54) is 0 Å². The third-order valence-corrected chi connectivity index (χ3v) is 4.73. The minimum Gasteiger partial charge on any atom is -0.497 e. The highest BCUT2D eigenvalue weighted by Gasteiger charge is 2.41. The molecule has 2 rings (SSSR count). The molecule has 132 valence electrons. The summed E-state index contributed by atoms with van der Waals surface area (Å²) in [5.74, 6) is 0.384. The molecule has 1 saturated heterocycles. The second-order valence-corrected chi connectivity index (χ2v) is 6.33. The summed E-state index contributed by atoms with van der Waals surface area (Å²) in [7, 11) is 3.20. The number of ether oxygens (including phenoxy) is 2. The maximum Gasteiger partial charge on any atom is 0.227 e. The lowest BCUT2D eigenvalue weighted by Crippen LogP contribution is -2.53. The Morgan fingerprint density at radius 2 is 2.12 bits per heavy atom. The van der Waals surface area contributed by atoms with Crippen molar-refractivity contribution in [2.24, 2.45) is 11.1 Å². The number of piperidine rings is 1. The Morgan fingerprint density at radius 1 is 1.33 bits per heavy atom. The van der Waals surface area contributed by atoms with Gasteiger partial charge in [-0.25, -0.2) is 0 Å². The van der Waals surface area contributed by atoms with Crippen LogP contribution in [0.4, 0.5) is 0 Å². The molecule has 24 heavy (non-hydrogen) atoms. The maximum atomic E-state index is 12.7. The molecule has 0 radical (unpaired) electrons. The summed E-state index contributed by atoms with van der Waals surface area (Å²) in [4.78, 5) is 26.4. The van der Waals surface area contributed by atoms with Crippen LogP contribution in [0.2, 0.25) is 0 Å². The molecule has 2 amide bonds. The quantitative estimate of drug-likeness (QED) is 0.816. The fourth-order valence-corrected chi connectivity index (χ4v) is 3.24. The average Bonchev–Trinajstić information content (AvgIpc) is 2.60. The van der Waals surface area contributed by atoms with Crippen LogP contribution in [0.25, 0.3) is 0 Å². The third kappa shape index (κ3) is 4.26. The third-order valence-electron chi connectivity index (χ3n) is 4.73. The van der Waals surface area contributed by atoms with E-state index in [-0.39, 0.29) is 18.2 Å². The largest absolute Gasteiger partial charge is 0.497 e. The van der Waals surface area contributed by atoms with Gasteiger partial charge in [-0.3, -0.25) is 9.59 Å². The van der Waals surface area contributed by atoms with Crippen molar-refractivity contribution in [2.45, 2.75) is 25.7 Å². The van der Waals surface area contributed by atoms with E-state index in [0.29, 0.717) is 32.5 Å². The fraction of sp³-hybridized carbons (Fsp3) is 0.556. The Kier molecular flexibility index (Phi) is 6.20. The molecule has 6 heteroatoms. The zero-order valence-electron chi connectivity index (χ0n) is 14.4. The molecule has 1 unspecified atom stereocenters. The molecule has 1 atom stereocenters. The van der Waals surface area contributed by atoms with Gasteiger partial charge >= 0.3 is 0 Å². The molecule has 1 aliphatic heterocycles. The van der Waals surface area contributed by atoms with Crippen LogP contribution in [0.5, 0.6) is 5.75 Å². The van der Waals surface area contributed by atoms with E-state index in [1.54, 1.807) is 19.1 Å². The highest BCUT2D eigenvalue weighted by atomic mass is 16.5. The number of benzene rings is 1. The highest BCUT2D eigenvalue weighted by molar-refractivity contribution is 5.84. The number of nitrogens with two attached hydrogens (primary N) is 1. The smallest absolute Gasteiger partial charge is 0.227 e. The van der Waals surface area contributed by atoms with Gasteiger partial charge in [0.15, 0.2) is 0 Å². The van der Waals surface area contributed by atoms with Crippen molar-refractivity contribution in [3.63, 3.8) is 0 Å². The summed E-state index contributed by atoms with van der Waals surface area (Å²) in [6, 6.07) is 7.46. The summed E-state index contributed by atoms with van der Waals surface area (Å²) in [5.41, 5.74) is 5.86. The maximum absolute atomic E-state index is 12.7. The summed E-state index contributed by atoms with van der Waals surface area (Å²) in [5, 5.41) is 0. The molecule has 0 bridgehead atoms. The van der Waals surface area contributed by atoms with E-state index in [4.69, 9.17) is 15.2 Å². The Morgan fingerprint density at radius 3 is 2.79 bits per heavy atom. The van der Waals surface area contributed by atoms with Crippen molar-refractivity contribution >= 4 is 11.8 Å². The molecule has 0 spiro atoms. The van der Waals surface area contributed by atoms with Crippen LogP contribution in [0.1, 0.15) is 24.8 Å². The molecule has 1 heterocycles. The number of nitrogens with zero attached hydrogens (tertiary/aromatic N) is 1. The minimum absolute atomic E-state index is 0.00555. The van der Waals surface area contributed by atoms with Gasteiger partial charge in [-0.05, 0) is 37.0 Å². The molecule has 0 aliphatic carbocycles. The molecule has 1 aromatic rings. The normalized spacial score (nSPS) is 20.7. The van der Waals surface area contributed by atoms with Gasteiger partial charge in [0.1, 0.15) is 5.75 Å². The van der Waals surface area contributed by atoms with Crippen LogP contribution >= 0.6 is 0 Å². The number of hydrogen-bond donors (Lipinski definition) is 1. The van der Waals surface area contributed by atoms with Gasteiger partial charge in [0.05, 0.1) is 18.9 Å². The second kappa shape index (κ2) is 8.15. The number of hydrogen-bond acceptors (Lipinski definition) is 4. The Labute approximate surface area is 142 Å². The van der Waals surface area contributed by atoms with E-state index in [2.05, 4.69) is 0 Å². The number of likely N-dealkylation sites (tertiary alicyclic amines) is 1. The van der Waals surface area contributed by atoms with Gasteiger partial charge in [-0.15, -0.1) is 0 Å². The van der Waals surface area contributed by atoms with E-state index >= 15 is 0 Å². The van der Waals surface area contributed by atoms with Gasteiger partial charge in [0.2, 0.25) is 11.8 Å². The van der Waals surface area contributed by atoms with Gasteiger partial charge < -0.3 is 20.1 Å². The highest BCUT2D eigenvalue weighted by Crippen LogP contribution is 2.33. The van der Waals surface area contributed by atoms with Crippen molar-refractivity contribution < 1.29 is 19.1 Å². The minimum atomic E-state index is -0.682. The number of amides is 2. The van der Waals surface area contributed by atoms with Crippen LogP contribution in [-0.4, -0.2) is 50.6 Å². The average molecular weight is 334 g/mol. The molecular formula is C18H26N2O4. The Bertz CT molecular complexity index is 590. The van der Waals surface area contributed by atoms with Gasteiger partial charge in [0, 0.05) is 26.8 Å². The van der Waals surface area contributed by atoms with Crippen LogP contribution in [0.15, 0.2) is 24.3 Å². The Hall–Kier alpha value is -2.08. The van der Waals surface area contributed by atoms with Crippen LogP contribution < -0.4 is 10.5 Å². The lowest BCUT2D eigenvalue weighted by atomic mass is 9.76. The van der Waals surface area contributed by atoms with E-state index in [0.717, 1.165) is 17.7 Å². The molecule has 0 aromatic heterocycles. The predicted molar refractivity (Wildman–Crippen MR) is 90.6 cm³/mol. The molecular weight excluding hydrogens is 308 g/mol. The standard InChI is InChI=1S/C18H26N2O4/c1-23-10-8-18(17(19)22)7-4-9-20(13-18)16(21)12-14-5-3-6-15(11-14)24-2/h3,5-6,11H,4,7-10,12-13H2,1-2H3,(H2,19,22). The molecule has 2 N–H and O–H groups in total. The van der Waals surface area contributed by atoms with E-state index < -0.39 is 5.41 Å². The number of carbonyl (C=O) groups excluding carboxylic acids is 2. The first-order chi connectivity index (χ1) is 11.5. The van der Waals surface area contributed by atoms with Gasteiger partial charge in [0.25, 0.3) is 0 Å². The number of carbonyl (C=O) groups is 2. The number of primary amides is 1. The molecule has 0 saturated carbocycles. The zero-order valence-corrected chi connectivity index (χ0v) is 14.4. The topological polar surface area (TPSA) is 81.9 Å². The van der Waals surface area contributed by atoms with Gasteiger partial charge in [-0.2, -0.15) is 0 Å². The van der Waals surface area contributed by atoms with E-state index in [9.17, 15) is 9.59 Å². The first kappa shape index (κ1) is 18.3. The number of rotatable bonds is 7. The van der Waals surface area contributed by atoms with Crippen molar-refractivity contribution in [3.8, 4) is 5.75 Å². The van der Waals surface area contributed by atoms with Crippen molar-refractivity contribution in [2.75, 3.05) is 33.9 Å². The second-order valence-electron chi connectivity index (χ2n) is 6.33. The lowest BCUT2D eigenvalue weighted by Gasteiger charge is -2.40. The molecule has 1 aliphatic rings. The zero-order chi connectivity index (χ0) is 17.6. The summed E-state index contributed by atoms with van der Waals surface area (Å²) >= 11 is 0. The summed E-state index contributed by atoms with van der Waals surface area (Å²) < 4.78 is 10.3. The monoisotopic (exact) mass is 334 g/mol. The van der Waals surface area contributed by atoms with Gasteiger partial charge in [-0.1, -0.05) is 12.1 Å². The van der Waals surface area contributed by atoms with Crippen LogP contribution in [-0.2, 0) is 20.7 Å². The molecule has 6 nitrogen and oxygen atoms in total. The van der Waals surface area contributed by atoms with Crippen LogP contribution in [0.3, 0.4) is 0 Å². The molecule has 1 aromatic carbocycles. The molecule has 1 fully saturated rings. The Balaban J connectivity index is 2.07. The predicted octanol–water partition coefficient (Wildman–Crippen LogP) is 1.37. The number of methoxy groups -OCH3 is 2. The van der Waals surface area contributed by atoms with Crippen molar-refractivity contribution in [1.29, 1.82) is 0 Å². The van der Waals surface area contributed by atoms with Crippen molar-refractivity contribution in [3.05, 3.63) is 29.8 Å². The first-order valence-electron chi connectivity index (χ1n) is 8.20. The SMILES string of the molecule is COCCC1(C(N)=O)CCCN(C(=O)Cc2cccc(OC)c2)C1. The lowest BCUT2D eigenvalue weighted by molar-refractivity contribution is -0.140. The van der Waals surface area contributed by atoms with E-state index in [1.807, 2.05) is 24.3 Å². The van der Waals surface area contributed by atoms with Crippen molar-refractivity contribution in [1.82, 2.24) is 4.90 Å². The van der Waals surface area contributed by atoms with Crippen LogP contribution in [0, 0.1) is 5.41 Å². The summed E-state index contributed by atoms with van der Waals surface area (Å²) in [6.07, 6.45) is 2.31. The summed E-state index contributed by atoms with van der Waals surface area (Å²) in [6.45, 7) is 1.49. The first-order valence-corrected chi connectivity index (χ1v) is 8.20.